The quantitative estimate of drug-likeness (QED) is 0.473. The fourth-order valence-electron chi connectivity index (χ4n) is 0.218. The highest BCUT2D eigenvalue weighted by Crippen LogP contribution is 1.96. The highest BCUT2D eigenvalue weighted by atomic mass is 27.3. The molecule has 0 bridgehead atoms. The van der Waals surface area contributed by atoms with E-state index in [1.807, 2.05) is 0 Å². The van der Waals surface area contributed by atoms with E-state index in [1.54, 1.807) is 6.92 Å². The first kappa shape index (κ1) is 6.39. The third-order valence-corrected chi connectivity index (χ3v) is 1.52. The summed E-state index contributed by atoms with van der Waals surface area (Å²) >= 11 is -3.17. The van der Waals surface area contributed by atoms with Gasteiger partial charge in [-0.15, -0.1) is 0 Å². The van der Waals surface area contributed by atoms with Crippen molar-refractivity contribution in [3.63, 3.8) is 0 Å². The summed E-state index contributed by atoms with van der Waals surface area (Å²) in [6.45, 7) is 1.78. The van der Waals surface area contributed by atoms with Crippen molar-refractivity contribution < 1.29 is 7.05 Å². The summed E-state index contributed by atoms with van der Waals surface area (Å²) in [5.74, 6) is 0. The Labute approximate surface area is 41.5 Å². The van der Waals surface area contributed by atoms with E-state index in [4.69, 9.17) is 0 Å². The first-order valence-corrected chi connectivity index (χ1v) is 3.74. The molecule has 0 saturated heterocycles. The van der Waals surface area contributed by atoms with Crippen LogP contribution >= 0.6 is 0 Å². The molecule has 0 fully saturated rings. The van der Waals surface area contributed by atoms with Gasteiger partial charge < -0.3 is 7.05 Å². The fourth-order valence-corrected chi connectivity index (χ4v) is 0.655. The van der Waals surface area contributed by atoms with Crippen LogP contribution in [0.5, 0.6) is 0 Å². The maximum atomic E-state index is 11.2. The van der Waals surface area contributed by atoms with Crippen molar-refractivity contribution in [3.8, 4) is 0 Å². The van der Waals surface area contributed by atoms with E-state index in [0.717, 1.165) is 0 Å². The van der Waals surface area contributed by atoms with Gasteiger partial charge in [-0.25, -0.2) is 0 Å². The Morgan fingerprint density at radius 1 is 1.50 bits per heavy atom. The SMILES string of the molecule is CC[CH2][Al]([F])[F]. The van der Waals surface area contributed by atoms with E-state index in [-0.39, 0.29) is 5.28 Å². The van der Waals surface area contributed by atoms with Crippen molar-refractivity contribution in [2.45, 2.75) is 18.6 Å². The molecule has 0 atom stereocenters. The number of hydrogen-bond donors (Lipinski definition) is 0. The highest BCUT2D eigenvalue weighted by Gasteiger charge is 2.16. The number of hydrogen-bond acceptors (Lipinski definition) is 0. The molecule has 6 heavy (non-hydrogen) atoms. The highest BCUT2D eigenvalue weighted by molar-refractivity contribution is 6.42. The van der Waals surface area contributed by atoms with Crippen molar-refractivity contribution in [2.75, 3.05) is 0 Å². The van der Waals surface area contributed by atoms with E-state index in [2.05, 4.69) is 0 Å². The number of rotatable bonds is 2. The van der Waals surface area contributed by atoms with E-state index in [0.29, 0.717) is 6.42 Å². The fraction of sp³-hybridized carbons (Fsp3) is 1.00. The van der Waals surface area contributed by atoms with Gasteiger partial charge >= 0.3 is 15.1 Å². The molecule has 0 amide bonds. The van der Waals surface area contributed by atoms with Crippen LogP contribution in [0.1, 0.15) is 13.3 Å². The van der Waals surface area contributed by atoms with Gasteiger partial charge in [-0.05, 0) is 5.28 Å². The lowest BCUT2D eigenvalue weighted by Crippen LogP contribution is -1.91. The lowest BCUT2D eigenvalue weighted by Gasteiger charge is -1.79. The standard InChI is InChI=1S/C3H7.Al.2FH/c1-3-2;;;/h1,3H2,2H3;;2*1H/q;+2;;/p-2. The Bertz CT molecular complexity index is 30.0. The van der Waals surface area contributed by atoms with Crippen molar-refractivity contribution in [1.82, 2.24) is 0 Å². The Kier molecular flexibility index (Phi) is 3.81. The van der Waals surface area contributed by atoms with Crippen molar-refractivity contribution in [1.29, 1.82) is 0 Å². The minimum atomic E-state index is -3.17. The molecular weight excluding hydrogens is 101 g/mol. The van der Waals surface area contributed by atoms with Crippen LogP contribution < -0.4 is 0 Å². The van der Waals surface area contributed by atoms with E-state index in [1.165, 1.54) is 0 Å². The Morgan fingerprint density at radius 3 is 2.00 bits per heavy atom. The predicted octanol–water partition coefficient (Wildman–Crippen LogP) is 1.82. The molecule has 0 aromatic carbocycles. The molecule has 0 aromatic heterocycles. The van der Waals surface area contributed by atoms with Crippen LogP contribution in [-0.2, 0) is 0 Å². The summed E-state index contributed by atoms with van der Waals surface area (Å²) in [7, 11) is 0. The van der Waals surface area contributed by atoms with Gasteiger partial charge in [0.2, 0.25) is 0 Å². The largest absolute Gasteiger partial charge is 0.757 e. The van der Waals surface area contributed by atoms with Crippen molar-refractivity contribution in [2.24, 2.45) is 0 Å². The topological polar surface area (TPSA) is 0 Å². The summed E-state index contributed by atoms with van der Waals surface area (Å²) in [5.41, 5.74) is 0. The van der Waals surface area contributed by atoms with Gasteiger partial charge in [0, 0.05) is 0 Å². The van der Waals surface area contributed by atoms with E-state index in [9.17, 15) is 7.05 Å². The average Bonchev–Trinajstić information content (AvgIpc) is 1.35. The van der Waals surface area contributed by atoms with Gasteiger partial charge in [0.25, 0.3) is 0 Å². The molecule has 0 saturated carbocycles. The van der Waals surface area contributed by atoms with Crippen LogP contribution in [0.15, 0.2) is 0 Å². The first-order chi connectivity index (χ1) is 2.77. The summed E-state index contributed by atoms with van der Waals surface area (Å²) in [6.07, 6.45) is 0.643. The van der Waals surface area contributed by atoms with Gasteiger partial charge in [-0.3, -0.25) is 0 Å². The van der Waals surface area contributed by atoms with Crippen LogP contribution in [0, 0.1) is 0 Å². The summed E-state index contributed by atoms with van der Waals surface area (Å²) in [4.78, 5) is 0. The molecule has 3 heteroatoms. The van der Waals surface area contributed by atoms with Crippen LogP contribution in [0.25, 0.3) is 0 Å². The summed E-state index contributed by atoms with van der Waals surface area (Å²) < 4.78 is 22.3. The molecule has 0 nitrogen and oxygen atoms in total. The molecule has 0 aliphatic rings. The molecule has 0 aliphatic carbocycles. The van der Waals surface area contributed by atoms with Crippen LogP contribution in [0.3, 0.4) is 0 Å². The maximum absolute atomic E-state index is 11.2. The third kappa shape index (κ3) is 4.39. The molecule has 0 radical (unpaired) electrons. The normalized spacial score (nSPS) is 8.50. The molecule has 36 valence electrons. The second-order valence-corrected chi connectivity index (χ2v) is 2.54. The third-order valence-electron chi connectivity index (χ3n) is 0.507. The Balaban J connectivity index is 2.63. The second kappa shape index (κ2) is 3.58. The van der Waals surface area contributed by atoms with E-state index >= 15 is 0 Å². The lowest BCUT2D eigenvalue weighted by atomic mass is 10.6. The van der Waals surface area contributed by atoms with E-state index < -0.39 is 15.1 Å². The van der Waals surface area contributed by atoms with Crippen molar-refractivity contribution in [3.05, 3.63) is 0 Å². The van der Waals surface area contributed by atoms with Gasteiger partial charge in [-0.1, -0.05) is 13.3 Å². The first-order valence-electron chi connectivity index (χ1n) is 2.05. The van der Waals surface area contributed by atoms with Crippen molar-refractivity contribution >= 4 is 15.1 Å². The zero-order chi connectivity index (χ0) is 4.99. The molecule has 0 aromatic rings. The van der Waals surface area contributed by atoms with Gasteiger partial charge in [-0.2, -0.15) is 0 Å². The molecule has 0 heterocycles. The smallest absolute Gasteiger partial charge is 0.374 e. The molecule has 0 spiro atoms. The molecule has 0 unspecified atom stereocenters. The van der Waals surface area contributed by atoms with Gasteiger partial charge in [0.15, 0.2) is 0 Å². The molecule has 0 N–H and O–H groups in total. The Hall–Kier alpha value is 0.392. The molecule has 0 aliphatic heterocycles. The predicted molar refractivity (Wildman–Crippen MR) is 23.1 cm³/mol. The van der Waals surface area contributed by atoms with Crippen LogP contribution in [-0.4, -0.2) is 15.1 Å². The van der Waals surface area contributed by atoms with Gasteiger partial charge in [0.05, 0.1) is 0 Å². The minimum Gasteiger partial charge on any atom is -0.374 e. The van der Waals surface area contributed by atoms with Crippen LogP contribution in [0.4, 0.5) is 7.05 Å². The minimum absolute atomic E-state index is 0.181. The zero-order valence-electron chi connectivity index (χ0n) is 3.75. The average molecular weight is 108 g/mol. The zero-order valence-corrected chi connectivity index (χ0v) is 4.90. The molecule has 0 rings (SSSR count). The number of halogens is 2. The second-order valence-electron chi connectivity index (χ2n) is 1.18. The van der Waals surface area contributed by atoms with Gasteiger partial charge in [0.1, 0.15) is 0 Å². The maximum Gasteiger partial charge on any atom is 0.757 e. The lowest BCUT2D eigenvalue weighted by molar-refractivity contribution is 0.648. The van der Waals surface area contributed by atoms with Crippen LogP contribution in [0.2, 0.25) is 5.28 Å². The summed E-state index contributed by atoms with van der Waals surface area (Å²) in [5, 5.41) is 0.181. The monoisotopic (exact) mass is 108 g/mol. The molecular formula is C3H7AlF2. The summed E-state index contributed by atoms with van der Waals surface area (Å²) in [6, 6.07) is 0. The Morgan fingerprint density at radius 2 is 2.00 bits per heavy atom.